The summed E-state index contributed by atoms with van der Waals surface area (Å²) in [7, 11) is 0. The Morgan fingerprint density at radius 3 is 2.58 bits per heavy atom. The first-order valence-corrected chi connectivity index (χ1v) is 4.22. The molecule has 0 saturated carbocycles. The molecule has 4 heteroatoms. The summed E-state index contributed by atoms with van der Waals surface area (Å²) in [5.41, 5.74) is 4.85. The normalized spacial score (nSPS) is 13.3. The van der Waals surface area contributed by atoms with Crippen molar-refractivity contribution in [2.45, 2.75) is 26.4 Å². The van der Waals surface area contributed by atoms with E-state index in [0.717, 1.165) is 13.0 Å². The van der Waals surface area contributed by atoms with Gasteiger partial charge in [-0.25, -0.2) is 0 Å². The van der Waals surface area contributed by atoms with Gasteiger partial charge in [0.25, 0.3) is 0 Å². The number of rotatable bonds is 6. The van der Waals surface area contributed by atoms with Crippen LogP contribution in [-0.2, 0) is 4.79 Å². The Balaban J connectivity index is 3.25. The first-order valence-electron chi connectivity index (χ1n) is 4.22. The van der Waals surface area contributed by atoms with Gasteiger partial charge in [-0.05, 0) is 18.9 Å². The maximum absolute atomic E-state index is 10.4. The molecule has 12 heavy (non-hydrogen) atoms. The van der Waals surface area contributed by atoms with Gasteiger partial charge in [0, 0.05) is 6.54 Å². The molecule has 0 saturated heterocycles. The lowest BCUT2D eigenvalue weighted by molar-refractivity contribution is -0.125. The molecule has 0 fully saturated rings. The second kappa shape index (κ2) is 5.97. The Bertz CT molecular complexity index is 137. The first-order chi connectivity index (χ1) is 5.54. The Morgan fingerprint density at radius 2 is 2.17 bits per heavy atom. The van der Waals surface area contributed by atoms with Gasteiger partial charge < -0.3 is 16.2 Å². The van der Waals surface area contributed by atoms with Crippen LogP contribution in [0.4, 0.5) is 0 Å². The van der Waals surface area contributed by atoms with Crippen molar-refractivity contribution in [2.75, 3.05) is 13.1 Å². The largest absolute Gasteiger partial charge is 0.382 e. The van der Waals surface area contributed by atoms with Crippen molar-refractivity contribution in [1.82, 2.24) is 5.32 Å². The van der Waals surface area contributed by atoms with Crippen molar-refractivity contribution in [3.8, 4) is 0 Å². The lowest BCUT2D eigenvalue weighted by Gasteiger charge is -2.09. The van der Waals surface area contributed by atoms with Crippen molar-refractivity contribution in [3.63, 3.8) is 0 Å². The fourth-order valence-electron chi connectivity index (χ4n) is 0.730. The predicted molar refractivity (Wildman–Crippen MR) is 47.5 cm³/mol. The van der Waals surface area contributed by atoms with Crippen LogP contribution in [0.15, 0.2) is 0 Å². The van der Waals surface area contributed by atoms with Crippen LogP contribution in [0.25, 0.3) is 0 Å². The van der Waals surface area contributed by atoms with E-state index in [1.807, 2.05) is 0 Å². The zero-order valence-electron chi connectivity index (χ0n) is 7.71. The molecule has 0 radical (unpaired) electrons. The van der Waals surface area contributed by atoms with Crippen LogP contribution in [-0.4, -0.2) is 30.2 Å². The molecule has 0 rings (SSSR count). The molecule has 1 unspecified atom stereocenters. The van der Waals surface area contributed by atoms with Crippen LogP contribution >= 0.6 is 0 Å². The van der Waals surface area contributed by atoms with Gasteiger partial charge in [-0.2, -0.15) is 0 Å². The van der Waals surface area contributed by atoms with Crippen LogP contribution in [0.3, 0.4) is 0 Å². The molecule has 4 N–H and O–H groups in total. The molecule has 0 spiro atoms. The Labute approximate surface area is 73.1 Å². The number of nitrogens with one attached hydrogen (secondary N) is 1. The van der Waals surface area contributed by atoms with E-state index in [2.05, 4.69) is 19.2 Å². The molecule has 0 bridgehead atoms. The Hall–Kier alpha value is -0.610. The molecular formula is C8H18N2O2. The quantitative estimate of drug-likeness (QED) is 0.474. The van der Waals surface area contributed by atoms with Crippen LogP contribution in [0, 0.1) is 5.92 Å². The summed E-state index contributed by atoms with van der Waals surface area (Å²) in [6.07, 6.45) is -0.0250. The minimum absolute atomic E-state index is 0.252. The number of aliphatic hydroxyl groups is 1. The number of carbonyl (C=O) groups excluding carboxylic acids is 1. The van der Waals surface area contributed by atoms with Crippen LogP contribution in [0.5, 0.6) is 0 Å². The molecule has 0 aliphatic carbocycles. The molecule has 72 valence electrons. The molecule has 0 aromatic heterocycles. The second-order valence-corrected chi connectivity index (χ2v) is 3.30. The lowest BCUT2D eigenvalue weighted by Crippen LogP contribution is -2.38. The lowest BCUT2D eigenvalue weighted by atomic mass is 10.1. The van der Waals surface area contributed by atoms with Gasteiger partial charge in [0.2, 0.25) is 5.91 Å². The minimum Gasteiger partial charge on any atom is -0.382 e. The van der Waals surface area contributed by atoms with Gasteiger partial charge in [-0.15, -0.1) is 0 Å². The number of amides is 1. The Kier molecular flexibility index (Phi) is 5.66. The van der Waals surface area contributed by atoms with Crippen molar-refractivity contribution in [3.05, 3.63) is 0 Å². The number of hydrogen-bond donors (Lipinski definition) is 3. The third-order valence-electron chi connectivity index (χ3n) is 1.56. The van der Waals surface area contributed by atoms with E-state index < -0.39 is 12.0 Å². The van der Waals surface area contributed by atoms with Crippen molar-refractivity contribution in [2.24, 2.45) is 11.7 Å². The fourth-order valence-corrected chi connectivity index (χ4v) is 0.730. The summed E-state index contributed by atoms with van der Waals surface area (Å²) in [4.78, 5) is 10.4. The van der Waals surface area contributed by atoms with Gasteiger partial charge in [0.05, 0.1) is 0 Å². The number of primary amides is 1. The number of nitrogens with two attached hydrogens (primary N) is 1. The van der Waals surface area contributed by atoms with Gasteiger partial charge in [-0.3, -0.25) is 4.79 Å². The van der Waals surface area contributed by atoms with Crippen molar-refractivity contribution < 1.29 is 9.90 Å². The third-order valence-corrected chi connectivity index (χ3v) is 1.56. The number of carbonyl (C=O) groups is 1. The molecule has 0 heterocycles. The summed E-state index contributed by atoms with van der Waals surface area (Å²) in [6, 6.07) is 0. The smallest absolute Gasteiger partial charge is 0.247 e. The molecule has 0 aliphatic heterocycles. The minimum atomic E-state index is -1.06. The summed E-state index contributed by atoms with van der Waals surface area (Å²) >= 11 is 0. The maximum Gasteiger partial charge on any atom is 0.247 e. The van der Waals surface area contributed by atoms with E-state index in [0.29, 0.717) is 5.92 Å². The van der Waals surface area contributed by atoms with E-state index in [-0.39, 0.29) is 6.54 Å². The molecule has 4 nitrogen and oxygen atoms in total. The highest BCUT2D eigenvalue weighted by Gasteiger charge is 2.08. The molecule has 1 amide bonds. The van der Waals surface area contributed by atoms with E-state index in [4.69, 9.17) is 10.8 Å². The molecule has 0 aliphatic rings. The van der Waals surface area contributed by atoms with Crippen LogP contribution in [0.2, 0.25) is 0 Å². The highest BCUT2D eigenvalue weighted by atomic mass is 16.3. The van der Waals surface area contributed by atoms with Gasteiger partial charge >= 0.3 is 0 Å². The third kappa shape index (κ3) is 6.12. The van der Waals surface area contributed by atoms with Gasteiger partial charge in [0.1, 0.15) is 6.10 Å². The zero-order chi connectivity index (χ0) is 9.56. The van der Waals surface area contributed by atoms with E-state index in [1.165, 1.54) is 0 Å². The summed E-state index contributed by atoms with van der Waals surface area (Å²) in [6.45, 7) is 5.29. The Morgan fingerprint density at radius 1 is 1.58 bits per heavy atom. The van der Waals surface area contributed by atoms with Gasteiger partial charge in [-0.1, -0.05) is 13.8 Å². The number of aliphatic hydroxyl groups excluding tert-OH is 1. The van der Waals surface area contributed by atoms with Gasteiger partial charge in [0.15, 0.2) is 0 Å². The van der Waals surface area contributed by atoms with Crippen LogP contribution < -0.4 is 11.1 Å². The topological polar surface area (TPSA) is 75.3 Å². The van der Waals surface area contributed by atoms with E-state index in [1.54, 1.807) is 0 Å². The molecular weight excluding hydrogens is 156 g/mol. The molecule has 0 aromatic carbocycles. The summed E-state index contributed by atoms with van der Waals surface area (Å²) < 4.78 is 0. The van der Waals surface area contributed by atoms with E-state index >= 15 is 0 Å². The number of hydrogen-bond acceptors (Lipinski definition) is 3. The summed E-state index contributed by atoms with van der Waals surface area (Å²) in [5.74, 6) is -0.0460. The zero-order valence-corrected chi connectivity index (χ0v) is 7.71. The standard InChI is InChI=1S/C8H18N2O2/c1-6(2)3-4-10-5-7(11)8(9)12/h6-7,10-11H,3-5H2,1-2H3,(H2,9,12). The second-order valence-electron chi connectivity index (χ2n) is 3.30. The maximum atomic E-state index is 10.4. The van der Waals surface area contributed by atoms with Crippen molar-refractivity contribution in [1.29, 1.82) is 0 Å². The van der Waals surface area contributed by atoms with E-state index in [9.17, 15) is 4.79 Å². The predicted octanol–water partition coefficient (Wildman–Crippen LogP) is -0.532. The first kappa shape index (κ1) is 11.4. The van der Waals surface area contributed by atoms with Crippen LogP contribution in [0.1, 0.15) is 20.3 Å². The molecule has 0 aromatic rings. The monoisotopic (exact) mass is 174 g/mol. The summed E-state index contributed by atoms with van der Waals surface area (Å²) in [5, 5.41) is 11.9. The highest BCUT2D eigenvalue weighted by Crippen LogP contribution is 1.95. The van der Waals surface area contributed by atoms with Crippen molar-refractivity contribution >= 4 is 5.91 Å². The average Bonchev–Trinajstić information content (AvgIpc) is 1.97. The SMILES string of the molecule is CC(C)CCNCC(O)C(N)=O. The molecule has 1 atom stereocenters. The fraction of sp³-hybridized carbons (Fsp3) is 0.875. The average molecular weight is 174 g/mol. The highest BCUT2D eigenvalue weighted by molar-refractivity contribution is 5.78.